The van der Waals surface area contributed by atoms with E-state index in [1.165, 1.54) is 22.5 Å². The first-order chi connectivity index (χ1) is 48.4. The highest BCUT2D eigenvalue weighted by atomic mass is 32.1. The molecule has 7 rings (SSSR count). The van der Waals surface area contributed by atoms with Gasteiger partial charge in [0.15, 0.2) is 0 Å². The van der Waals surface area contributed by atoms with Gasteiger partial charge in [0.2, 0.25) is 0 Å². The van der Waals surface area contributed by atoms with Gasteiger partial charge in [0.25, 0.3) is 0 Å². The molecule has 19 nitrogen and oxygen atoms in total. The first-order valence-electron chi connectivity index (χ1n) is 37.2. The zero-order valence-electron chi connectivity index (χ0n) is 65.6. The van der Waals surface area contributed by atoms with Crippen LogP contribution in [0.2, 0.25) is 0 Å². The lowest BCUT2D eigenvalue weighted by molar-refractivity contribution is -0.156. The van der Waals surface area contributed by atoms with E-state index < -0.39 is 107 Å². The van der Waals surface area contributed by atoms with Crippen molar-refractivity contribution in [3.8, 4) is 0 Å². The van der Waals surface area contributed by atoms with E-state index in [4.69, 9.17) is 18.9 Å². The van der Waals surface area contributed by atoms with Crippen molar-refractivity contribution in [2.75, 3.05) is 0 Å². The van der Waals surface area contributed by atoms with Crippen LogP contribution < -0.4 is 0 Å². The molecule has 2 saturated heterocycles. The molecule has 580 valence electrons. The summed E-state index contributed by atoms with van der Waals surface area (Å²) in [7, 11) is 0. The van der Waals surface area contributed by atoms with E-state index in [0.29, 0.717) is 19.3 Å². The molecule has 3 aromatic heterocycles. The number of hydrogen-bond acceptors (Lipinski definition) is 22. The summed E-state index contributed by atoms with van der Waals surface area (Å²) in [6.45, 7) is 40.3. The van der Waals surface area contributed by atoms with Gasteiger partial charge in [-0.05, 0) is 166 Å². The Morgan fingerprint density at radius 1 is 0.490 bits per heavy atom. The van der Waals surface area contributed by atoms with Gasteiger partial charge in [0, 0.05) is 53.2 Å². The Labute approximate surface area is 631 Å². The number of hydrogen-bond donors (Lipinski definition) is 6. The fourth-order valence-electron chi connectivity index (χ4n) is 13.9. The van der Waals surface area contributed by atoms with E-state index in [9.17, 15) is 59.4 Å². The summed E-state index contributed by atoms with van der Waals surface area (Å²) < 4.78 is 23.5. The van der Waals surface area contributed by atoms with Gasteiger partial charge in [0.1, 0.15) is 40.7 Å². The normalized spacial score (nSPS) is 33.7. The van der Waals surface area contributed by atoms with Crippen molar-refractivity contribution >= 4 is 93.6 Å². The summed E-state index contributed by atoms with van der Waals surface area (Å²) in [6, 6.07) is 0. The van der Waals surface area contributed by atoms with Crippen LogP contribution >= 0.6 is 34.0 Å². The van der Waals surface area contributed by atoms with Crippen LogP contribution in [0.1, 0.15) is 253 Å². The number of nitrogens with zero attached hydrogens (tertiary/aromatic N) is 3. The maximum atomic E-state index is 13.2. The van der Waals surface area contributed by atoms with Crippen LogP contribution in [0, 0.1) is 65.6 Å². The van der Waals surface area contributed by atoms with E-state index in [2.05, 4.69) is 54.5 Å². The lowest BCUT2D eigenvalue weighted by atomic mass is 9.73. The van der Waals surface area contributed by atoms with E-state index in [1.54, 1.807) is 91.1 Å². The molecule has 22 heteroatoms. The molecule has 0 amide bonds. The number of allylic oxidation sites excluding steroid dienone is 2. The number of epoxide rings is 1. The number of carbonyl (C=O) groups is 6. The van der Waals surface area contributed by atoms with Gasteiger partial charge in [-0.2, -0.15) is 0 Å². The zero-order valence-corrected chi connectivity index (χ0v) is 68.0. The molecule has 0 radical (unpaired) electrons. The van der Waals surface area contributed by atoms with Crippen molar-refractivity contribution in [2.45, 2.75) is 301 Å². The van der Waals surface area contributed by atoms with E-state index in [0.717, 1.165) is 107 Å². The number of carbonyl (C=O) groups excluding carboxylic acids is 6. The topological polar surface area (TPSA) is 303 Å². The second-order valence-electron chi connectivity index (χ2n) is 32.1. The average molecular weight is 1500 g/mol. The Balaban J connectivity index is 0.000000280. The summed E-state index contributed by atoms with van der Waals surface area (Å²) in [5.74, 6) is -4.56. The zero-order chi connectivity index (χ0) is 78.1. The van der Waals surface area contributed by atoms with Gasteiger partial charge >= 0.3 is 17.9 Å². The predicted octanol–water partition coefficient (Wildman–Crippen LogP) is 15.3. The third kappa shape index (κ3) is 25.6. The highest BCUT2D eigenvalue weighted by Gasteiger charge is 2.53. The average Bonchev–Trinajstić information content (AvgIpc) is 1.61. The molecule has 6 N–H and O–H groups in total. The van der Waals surface area contributed by atoms with Crippen LogP contribution in [-0.4, -0.2) is 147 Å². The smallest absolute Gasteiger partial charge is 0.309 e. The molecular weight excluding hydrogens is 1380 g/mol. The maximum absolute atomic E-state index is 13.2. The second-order valence-corrected chi connectivity index (χ2v) is 35.1. The quantitative estimate of drug-likeness (QED) is 0.0554. The molecule has 7 heterocycles. The molecule has 0 spiro atoms. The molecule has 0 aliphatic carbocycles. The Kier molecular flexibility index (Phi) is 33.9. The van der Waals surface area contributed by atoms with Gasteiger partial charge in [-0.25, -0.2) is 15.0 Å². The number of aryl methyl sites for hydroxylation is 2. The summed E-state index contributed by atoms with van der Waals surface area (Å²) in [5, 5.41) is 73.5. The van der Waals surface area contributed by atoms with Gasteiger partial charge in [-0.1, -0.05) is 119 Å². The Hall–Kier alpha value is -5.53. The lowest BCUT2D eigenvalue weighted by Crippen LogP contribution is -2.45. The minimum absolute atomic E-state index is 0.0444. The number of rotatable bonds is 7. The van der Waals surface area contributed by atoms with Crippen LogP contribution in [-0.2, 0) is 47.7 Å². The van der Waals surface area contributed by atoms with Gasteiger partial charge in [-0.15, -0.1) is 34.0 Å². The molecule has 0 aromatic carbocycles. The van der Waals surface area contributed by atoms with Crippen molar-refractivity contribution in [1.82, 2.24) is 15.0 Å². The Morgan fingerprint density at radius 3 is 1.15 bits per heavy atom. The highest BCUT2D eigenvalue weighted by Crippen LogP contribution is 2.46. The van der Waals surface area contributed by atoms with Crippen LogP contribution in [0.3, 0.4) is 0 Å². The molecule has 17 atom stereocenters. The number of fused-ring (bicyclic) bond motifs is 1. The number of ketones is 3. The number of Topliss-reactive ketones (excluding diaryl/α,β-unsaturated/α-hetero) is 3. The lowest BCUT2D eigenvalue weighted by Gasteiger charge is -2.34. The monoisotopic (exact) mass is 1500 g/mol. The number of ether oxygens (including phenoxy) is 4. The molecule has 4 aliphatic heterocycles. The molecular formula is C82H123N3O16S3. The van der Waals surface area contributed by atoms with Crippen molar-refractivity contribution in [2.24, 2.45) is 51.8 Å². The molecule has 0 unspecified atom stereocenters. The minimum atomic E-state index is -1.23. The molecule has 2 fully saturated rings. The Bertz CT molecular complexity index is 3550. The largest absolute Gasteiger partial charge is 0.458 e. The van der Waals surface area contributed by atoms with Crippen LogP contribution in [0.25, 0.3) is 24.3 Å². The highest BCUT2D eigenvalue weighted by molar-refractivity contribution is 7.10. The van der Waals surface area contributed by atoms with Gasteiger partial charge < -0.3 is 49.6 Å². The van der Waals surface area contributed by atoms with Crippen molar-refractivity contribution < 1.29 is 78.4 Å². The van der Waals surface area contributed by atoms with E-state index >= 15 is 0 Å². The number of esters is 3. The van der Waals surface area contributed by atoms with Crippen molar-refractivity contribution in [1.29, 1.82) is 0 Å². The minimum Gasteiger partial charge on any atom is -0.458 e. The van der Waals surface area contributed by atoms with E-state index in [-0.39, 0.29) is 66.1 Å². The SMILES string of the molecule is C/C(=C\c1csc(C)n1)[C@@H]1C[C@@H]2O[C@]2(C)CCC[C@H](C)[C@H](O)[C@@H](C)C(=O)C(C)(C)[C@@H](O)CC(=O)O1.C/C1=C/C[C@@H](/C(C)=C/c2csc(C)n2)OC(=O)C[C@H](O)C(C)(C)C(=O)[C@H](C)[C@@H](O)[C@@H](C)CCC1.C=Cc1nc(/C=C(\C)[C@@H]2C/C=C(/C)CCC[C@H](C)[C@H](O)[C@@H](C)C(=O)C(C)(C)[C@@H](O)CC(=O)O2)cs1. The van der Waals surface area contributed by atoms with Gasteiger partial charge in [-0.3, -0.25) is 28.8 Å². The molecule has 0 saturated carbocycles. The van der Waals surface area contributed by atoms with Crippen molar-refractivity contribution in [3.63, 3.8) is 0 Å². The number of cyclic esters (lactones) is 3. The number of aromatic nitrogens is 3. The van der Waals surface area contributed by atoms with Crippen LogP contribution in [0.15, 0.2) is 62.7 Å². The Morgan fingerprint density at radius 2 is 0.817 bits per heavy atom. The molecule has 3 aromatic rings. The maximum Gasteiger partial charge on any atom is 0.309 e. The van der Waals surface area contributed by atoms with Crippen LogP contribution in [0.5, 0.6) is 0 Å². The predicted molar refractivity (Wildman–Crippen MR) is 414 cm³/mol. The fraction of sp³-hybridized carbons (Fsp3) is 0.671. The van der Waals surface area contributed by atoms with Gasteiger partial charge in [0.05, 0.1) is 111 Å². The summed E-state index contributed by atoms with van der Waals surface area (Å²) in [5.41, 5.74) is 3.49. The number of aliphatic hydroxyl groups excluding tert-OH is 6. The summed E-state index contributed by atoms with van der Waals surface area (Å²) in [6.07, 6.45) is 12.2. The summed E-state index contributed by atoms with van der Waals surface area (Å²) >= 11 is 4.61. The molecule has 4 aliphatic rings. The van der Waals surface area contributed by atoms with E-state index in [1.807, 2.05) is 89.8 Å². The second kappa shape index (κ2) is 39.5. The number of thiazole rings is 3. The van der Waals surface area contributed by atoms with Crippen molar-refractivity contribution in [3.05, 3.63) is 94.8 Å². The fourth-order valence-corrected chi connectivity index (χ4v) is 15.6. The first kappa shape index (κ1) is 89.1. The third-order valence-electron chi connectivity index (χ3n) is 22.1. The third-order valence-corrected chi connectivity index (χ3v) is 24.5. The number of aliphatic hydroxyl groups is 6. The molecule has 104 heavy (non-hydrogen) atoms. The molecule has 0 bridgehead atoms. The standard InChI is InChI=1S/C28H41NO5S.C27H41NO6S.C27H41NO5S/c1-8-24-29-21(16-35-24)14-19(4)22-13-12-17(2)10-9-11-18(3)26(32)20(5)27(33)28(6,7)23(30)15-25(31)34-22;1-15-9-8-10-27(7)22(34-27)12-20(16(2)11-19-14-35-18(4)28-19)33-23(30)13-21(29)26(5,6)25(32)17(3)24(15)31;1-16-9-8-10-17(2)25(31)19(4)26(32)27(6,7)23(29)14-24(30)33-22(12-11-16)18(3)13-21-15-34-20(5)28-21/h8,12,14,16,18,20,22-23,26,30,32H,1,9-11,13,15H2,2-7H3;11,14-15,17,20-22,24,29,31H,8-10,12-13H2,1-7H3;11,13,15,17,19,22-23,25,29,31H,8-10,12,14H2,1-7H3/b17-12-,19-14+;16-11+;16-11-,18-13+/t18-,20+,22-,23-,26-;15-,17+,20-,21-,22-,24-,27+;17-,19+,22-,23-,25-/m000/s1. The van der Waals surface area contributed by atoms with Crippen LogP contribution in [0.4, 0.5) is 0 Å². The summed E-state index contributed by atoms with van der Waals surface area (Å²) in [4.78, 5) is 91.6. The first-order valence-corrected chi connectivity index (χ1v) is 39.8.